The van der Waals surface area contributed by atoms with Crippen LogP contribution in [0.2, 0.25) is 0 Å². The van der Waals surface area contributed by atoms with E-state index >= 15 is 0 Å². The molecule has 0 fully saturated rings. The van der Waals surface area contributed by atoms with Gasteiger partial charge in [-0.15, -0.1) is 22.7 Å². The molecule has 0 spiro atoms. The molecule has 0 saturated heterocycles. The van der Waals surface area contributed by atoms with Crippen molar-refractivity contribution in [2.45, 2.75) is 58.7 Å². The summed E-state index contributed by atoms with van der Waals surface area (Å²) in [6, 6.07) is 0. The van der Waals surface area contributed by atoms with Crippen LogP contribution in [0.25, 0.3) is 10.2 Å². The van der Waals surface area contributed by atoms with Gasteiger partial charge in [-0.25, -0.2) is 9.78 Å². The Hall–Kier alpha value is -2.17. The van der Waals surface area contributed by atoms with E-state index in [0.29, 0.717) is 22.3 Å². The summed E-state index contributed by atoms with van der Waals surface area (Å²) in [5.74, 6) is -0.608. The first-order chi connectivity index (χ1) is 15.3. The Kier molecular flexibility index (Phi) is 6.73. The average Bonchev–Trinajstić information content (AvgIpc) is 3.40. The van der Waals surface area contributed by atoms with Crippen LogP contribution in [0.1, 0.15) is 51.5 Å². The van der Waals surface area contributed by atoms with Crippen LogP contribution in [0.5, 0.6) is 0 Å². The highest BCUT2D eigenvalue weighted by atomic mass is 32.2. The van der Waals surface area contributed by atoms with E-state index in [2.05, 4.69) is 5.32 Å². The zero-order chi connectivity index (χ0) is 23.0. The summed E-state index contributed by atoms with van der Waals surface area (Å²) in [7, 11) is 0. The summed E-state index contributed by atoms with van der Waals surface area (Å²) >= 11 is 4.20. The largest absolute Gasteiger partial charge is 0.462 e. The van der Waals surface area contributed by atoms with Crippen molar-refractivity contribution in [3.05, 3.63) is 36.8 Å². The SMILES string of the molecule is CCOC(=O)c1c(NC(=O)CSc2nc3sc4c(c3c(=O)n2CC)CCC4)sc(C)c1C. The summed E-state index contributed by atoms with van der Waals surface area (Å²) in [4.78, 5) is 45.9. The number of nitrogens with one attached hydrogen (secondary N) is 1. The van der Waals surface area contributed by atoms with Crippen LogP contribution in [0, 0.1) is 13.8 Å². The van der Waals surface area contributed by atoms with E-state index in [9.17, 15) is 14.4 Å². The molecule has 1 N–H and O–H groups in total. The van der Waals surface area contributed by atoms with Gasteiger partial charge in [-0.2, -0.15) is 0 Å². The summed E-state index contributed by atoms with van der Waals surface area (Å²) < 4.78 is 6.80. The first-order valence-corrected chi connectivity index (χ1v) is 13.2. The zero-order valence-corrected chi connectivity index (χ0v) is 20.9. The van der Waals surface area contributed by atoms with Crippen LogP contribution in [0.15, 0.2) is 9.95 Å². The number of esters is 1. The Morgan fingerprint density at radius 2 is 2.00 bits per heavy atom. The smallest absolute Gasteiger partial charge is 0.341 e. The molecule has 1 amide bonds. The average molecular weight is 492 g/mol. The molecule has 3 aromatic rings. The molecule has 4 rings (SSSR count). The number of aromatic nitrogens is 2. The molecule has 3 aromatic heterocycles. The number of thiophene rings is 2. The van der Waals surface area contributed by atoms with Crippen LogP contribution in [0.3, 0.4) is 0 Å². The zero-order valence-electron chi connectivity index (χ0n) is 18.5. The number of carbonyl (C=O) groups excluding carboxylic acids is 2. The van der Waals surface area contributed by atoms with E-state index in [4.69, 9.17) is 9.72 Å². The van der Waals surface area contributed by atoms with E-state index in [-0.39, 0.29) is 23.8 Å². The number of nitrogens with zero attached hydrogens (tertiary/aromatic N) is 2. The van der Waals surface area contributed by atoms with Gasteiger partial charge in [-0.3, -0.25) is 14.2 Å². The third-order valence-electron chi connectivity index (χ3n) is 5.56. The highest BCUT2D eigenvalue weighted by molar-refractivity contribution is 7.99. The molecular weight excluding hydrogens is 466 g/mol. The van der Waals surface area contributed by atoms with Gasteiger partial charge in [0.2, 0.25) is 5.91 Å². The van der Waals surface area contributed by atoms with Gasteiger partial charge in [-0.05, 0) is 58.1 Å². The van der Waals surface area contributed by atoms with Gasteiger partial charge >= 0.3 is 5.97 Å². The number of thioether (sulfide) groups is 1. The predicted molar refractivity (Wildman–Crippen MR) is 131 cm³/mol. The van der Waals surface area contributed by atoms with Crippen molar-refractivity contribution in [2.75, 3.05) is 17.7 Å². The van der Waals surface area contributed by atoms with E-state index < -0.39 is 5.97 Å². The molecule has 1 aliphatic carbocycles. The lowest BCUT2D eigenvalue weighted by molar-refractivity contribution is -0.113. The highest BCUT2D eigenvalue weighted by Crippen LogP contribution is 2.36. The maximum Gasteiger partial charge on any atom is 0.341 e. The fourth-order valence-electron chi connectivity index (χ4n) is 3.90. The van der Waals surface area contributed by atoms with Gasteiger partial charge in [0.15, 0.2) is 5.16 Å². The minimum absolute atomic E-state index is 0.0195. The first kappa shape index (κ1) is 23.0. The van der Waals surface area contributed by atoms with Crippen LogP contribution < -0.4 is 10.9 Å². The number of rotatable bonds is 7. The third kappa shape index (κ3) is 4.11. The summed E-state index contributed by atoms with van der Waals surface area (Å²) in [5.41, 5.74) is 2.36. The van der Waals surface area contributed by atoms with Crippen molar-refractivity contribution in [1.29, 1.82) is 0 Å². The molecule has 0 radical (unpaired) electrons. The molecule has 10 heteroatoms. The van der Waals surface area contributed by atoms with Gasteiger partial charge in [0, 0.05) is 16.3 Å². The minimum atomic E-state index is -0.435. The molecule has 0 aliphatic heterocycles. The lowest BCUT2D eigenvalue weighted by atomic mass is 10.1. The molecule has 3 heterocycles. The lowest BCUT2D eigenvalue weighted by Gasteiger charge is -2.10. The Morgan fingerprint density at radius 3 is 2.72 bits per heavy atom. The first-order valence-electron chi connectivity index (χ1n) is 10.6. The maximum absolute atomic E-state index is 13.1. The van der Waals surface area contributed by atoms with Crippen molar-refractivity contribution >= 4 is 61.5 Å². The Labute approximate surface area is 198 Å². The molecule has 0 unspecified atom stereocenters. The van der Waals surface area contributed by atoms with Gasteiger partial charge < -0.3 is 10.1 Å². The molecule has 0 bridgehead atoms. The number of fused-ring (bicyclic) bond motifs is 3. The van der Waals surface area contributed by atoms with E-state index in [1.807, 2.05) is 20.8 Å². The second-order valence-electron chi connectivity index (χ2n) is 7.53. The Morgan fingerprint density at radius 1 is 1.22 bits per heavy atom. The fourth-order valence-corrected chi connectivity index (χ4v) is 7.13. The van der Waals surface area contributed by atoms with Crippen molar-refractivity contribution in [1.82, 2.24) is 9.55 Å². The number of anilines is 1. The van der Waals surface area contributed by atoms with Gasteiger partial charge in [0.05, 0.1) is 23.3 Å². The summed E-state index contributed by atoms with van der Waals surface area (Å²) in [5, 5.41) is 4.64. The molecular formula is C22H25N3O4S3. The van der Waals surface area contributed by atoms with E-state index in [1.165, 1.54) is 28.0 Å². The normalized spacial score (nSPS) is 12.9. The van der Waals surface area contributed by atoms with Crippen LogP contribution >= 0.6 is 34.4 Å². The molecule has 0 aromatic carbocycles. The Bertz CT molecular complexity index is 1270. The Balaban J connectivity index is 1.55. The number of amides is 1. The molecule has 0 saturated carbocycles. The molecule has 1 aliphatic rings. The number of carbonyl (C=O) groups is 2. The number of ether oxygens (including phenoxy) is 1. The van der Waals surface area contributed by atoms with Crippen molar-refractivity contribution < 1.29 is 14.3 Å². The second-order valence-corrected chi connectivity index (χ2v) is 10.8. The highest BCUT2D eigenvalue weighted by Gasteiger charge is 2.24. The molecule has 7 nitrogen and oxygen atoms in total. The predicted octanol–water partition coefficient (Wildman–Crippen LogP) is 4.55. The number of hydrogen-bond acceptors (Lipinski definition) is 8. The van der Waals surface area contributed by atoms with Crippen LogP contribution in [-0.4, -0.2) is 33.8 Å². The van der Waals surface area contributed by atoms with Gasteiger partial charge in [0.1, 0.15) is 9.83 Å². The van der Waals surface area contributed by atoms with Gasteiger partial charge in [-0.1, -0.05) is 11.8 Å². The summed E-state index contributed by atoms with van der Waals surface area (Å²) in [6.07, 6.45) is 3.04. The van der Waals surface area contributed by atoms with Crippen LogP contribution in [-0.2, 0) is 28.9 Å². The molecule has 170 valence electrons. The van der Waals surface area contributed by atoms with Crippen LogP contribution in [0.4, 0.5) is 5.00 Å². The van der Waals surface area contributed by atoms with Crippen molar-refractivity contribution in [3.63, 3.8) is 0 Å². The summed E-state index contributed by atoms with van der Waals surface area (Å²) in [6.45, 7) is 8.18. The lowest BCUT2D eigenvalue weighted by Crippen LogP contribution is -2.23. The van der Waals surface area contributed by atoms with Crippen molar-refractivity contribution in [3.8, 4) is 0 Å². The van der Waals surface area contributed by atoms with Gasteiger partial charge in [0.25, 0.3) is 5.56 Å². The van der Waals surface area contributed by atoms with E-state index in [0.717, 1.165) is 45.5 Å². The standard InChI is InChI=1S/C22H25N3O4S3/c1-5-25-20(27)17-13-8-7-9-14(13)32-19(17)24-22(25)30-10-15(26)23-18-16(21(28)29-6-2)11(3)12(4)31-18/h5-10H2,1-4H3,(H,23,26). The fraction of sp³-hybridized carbons (Fsp3) is 0.455. The minimum Gasteiger partial charge on any atom is -0.462 e. The monoisotopic (exact) mass is 491 g/mol. The second kappa shape index (κ2) is 9.36. The topological polar surface area (TPSA) is 90.3 Å². The number of hydrogen-bond donors (Lipinski definition) is 1. The van der Waals surface area contributed by atoms with Crippen molar-refractivity contribution in [2.24, 2.45) is 0 Å². The molecule has 32 heavy (non-hydrogen) atoms. The maximum atomic E-state index is 13.1. The van der Waals surface area contributed by atoms with E-state index in [1.54, 1.807) is 22.8 Å². The number of aryl methyl sites for hydroxylation is 3. The third-order valence-corrected chi connectivity index (χ3v) is 8.84. The quantitative estimate of drug-likeness (QED) is 0.296. The molecule has 0 atom stereocenters.